The molecule has 0 bridgehead atoms. The molecule has 3 unspecified atom stereocenters. The number of benzene rings is 1. The van der Waals surface area contributed by atoms with Gasteiger partial charge in [-0.3, -0.25) is 4.79 Å². The molecule has 1 aromatic carbocycles. The maximum Gasteiger partial charge on any atom is 0.339 e. The maximum absolute atomic E-state index is 14.7. The molecule has 8 heteroatoms. The Bertz CT molecular complexity index is 1360. The number of alkyl halides is 2. The Balaban J connectivity index is 2.72. The summed E-state index contributed by atoms with van der Waals surface area (Å²) in [5.41, 5.74) is 3.51. The summed E-state index contributed by atoms with van der Waals surface area (Å²) >= 11 is 0. The fraction of sp³-hybridized carbons (Fsp3) is 0.541. The summed E-state index contributed by atoms with van der Waals surface area (Å²) in [6, 6.07) is 4.75. The second kappa shape index (κ2) is 18.3. The van der Waals surface area contributed by atoms with Gasteiger partial charge in [0.15, 0.2) is 0 Å². The Labute approximate surface area is 271 Å². The molecule has 3 atom stereocenters. The van der Waals surface area contributed by atoms with Crippen molar-refractivity contribution in [2.24, 2.45) is 16.8 Å². The van der Waals surface area contributed by atoms with E-state index in [2.05, 4.69) is 25.4 Å². The Morgan fingerprint density at radius 1 is 1.22 bits per heavy atom. The van der Waals surface area contributed by atoms with Crippen LogP contribution < -0.4 is 0 Å². The van der Waals surface area contributed by atoms with Gasteiger partial charge in [0.2, 0.25) is 0 Å². The first-order valence-corrected chi connectivity index (χ1v) is 17.4. The Morgan fingerprint density at radius 3 is 2.44 bits per heavy atom. The van der Waals surface area contributed by atoms with Crippen LogP contribution in [0, 0.1) is 30.0 Å². The van der Waals surface area contributed by atoms with E-state index >= 15 is 0 Å². The summed E-state index contributed by atoms with van der Waals surface area (Å²) in [6.45, 7) is 14.2. The molecule has 0 aliphatic heterocycles. The molecule has 0 saturated heterocycles. The second-order valence-electron chi connectivity index (χ2n) is 12.0. The van der Waals surface area contributed by atoms with E-state index in [4.69, 9.17) is 5.41 Å². The molecule has 0 aromatic heterocycles. The van der Waals surface area contributed by atoms with Gasteiger partial charge in [0, 0.05) is 23.0 Å². The van der Waals surface area contributed by atoms with E-state index in [-0.39, 0.29) is 10.7 Å². The molecule has 248 valence electrons. The molecular formula is C37H51F3N2O2S. The first-order valence-electron chi connectivity index (χ1n) is 16.2. The summed E-state index contributed by atoms with van der Waals surface area (Å²) in [7, 11) is -2.30. The molecule has 1 N–H and O–H groups in total. The van der Waals surface area contributed by atoms with Crippen molar-refractivity contribution in [3.8, 4) is 0 Å². The van der Waals surface area contributed by atoms with Crippen LogP contribution in [0.25, 0.3) is 0 Å². The van der Waals surface area contributed by atoms with Crippen molar-refractivity contribution >= 4 is 27.5 Å². The molecule has 1 aliphatic carbocycles. The number of nitrogens with one attached hydrogen (secondary N) is 1. The third-order valence-corrected chi connectivity index (χ3v) is 10.2. The van der Waals surface area contributed by atoms with E-state index in [1.54, 1.807) is 25.1 Å². The van der Waals surface area contributed by atoms with Gasteiger partial charge in [-0.15, -0.1) is 6.58 Å². The van der Waals surface area contributed by atoms with Crippen LogP contribution in [0.1, 0.15) is 116 Å². The predicted octanol–water partition coefficient (Wildman–Crippen LogP) is 11.4. The molecule has 1 saturated carbocycles. The molecule has 4 nitrogen and oxygen atoms in total. The van der Waals surface area contributed by atoms with Gasteiger partial charge < -0.3 is 5.41 Å². The number of halogens is 3. The monoisotopic (exact) mass is 644 g/mol. The van der Waals surface area contributed by atoms with Crippen molar-refractivity contribution in [1.29, 1.82) is 5.41 Å². The number of amides is 1. The van der Waals surface area contributed by atoms with Gasteiger partial charge in [-0.05, 0) is 93.2 Å². The summed E-state index contributed by atoms with van der Waals surface area (Å²) in [6.07, 6.45) is 13.7. The minimum absolute atomic E-state index is 0.159. The molecule has 0 spiro atoms. The zero-order valence-corrected chi connectivity index (χ0v) is 28.7. The molecular weight excluding hydrogens is 593 g/mol. The van der Waals surface area contributed by atoms with Gasteiger partial charge >= 0.3 is 5.24 Å². The fourth-order valence-electron chi connectivity index (χ4n) is 5.84. The van der Waals surface area contributed by atoms with Crippen LogP contribution in [0.4, 0.5) is 18.0 Å². The van der Waals surface area contributed by atoms with Gasteiger partial charge in [0.1, 0.15) is 16.6 Å². The third kappa shape index (κ3) is 10.6. The highest BCUT2D eigenvalue weighted by Gasteiger charge is 2.33. The number of carbonyl (C=O) groups is 1. The van der Waals surface area contributed by atoms with Gasteiger partial charge in [-0.1, -0.05) is 82.7 Å². The average molecular weight is 645 g/mol. The summed E-state index contributed by atoms with van der Waals surface area (Å²) in [4.78, 5) is 16.4. The highest BCUT2D eigenvalue weighted by atomic mass is 32.2. The van der Waals surface area contributed by atoms with Crippen LogP contribution in [0.3, 0.4) is 0 Å². The number of hydrogen-bond donors (Lipinski definition) is 1. The number of aliphatic imine (C=N–C) groups is 1. The quantitative estimate of drug-likeness (QED) is 0.104. The summed E-state index contributed by atoms with van der Waals surface area (Å²) in [5.74, 6) is -3.12. The van der Waals surface area contributed by atoms with Crippen LogP contribution in [0.2, 0.25) is 0 Å². The summed E-state index contributed by atoms with van der Waals surface area (Å²) in [5, 5.41) is 7.97. The number of rotatable bonds is 17. The van der Waals surface area contributed by atoms with Crippen LogP contribution in [0.5, 0.6) is 0 Å². The minimum atomic E-state index is -3.36. The lowest BCUT2D eigenvalue weighted by molar-refractivity contribution is 0.0810. The fourth-order valence-corrected chi connectivity index (χ4v) is 6.67. The first-order chi connectivity index (χ1) is 21.3. The number of allylic oxidation sites excluding steroid dienone is 6. The van der Waals surface area contributed by atoms with Crippen molar-refractivity contribution in [3.05, 3.63) is 82.1 Å². The molecule has 0 radical (unpaired) electrons. The highest BCUT2D eigenvalue weighted by molar-refractivity contribution is 8.03. The molecule has 1 fully saturated rings. The van der Waals surface area contributed by atoms with Gasteiger partial charge in [0.25, 0.3) is 5.92 Å². The van der Waals surface area contributed by atoms with Crippen molar-refractivity contribution in [3.63, 3.8) is 0 Å². The Hall–Kier alpha value is -2.87. The van der Waals surface area contributed by atoms with Gasteiger partial charge in [-0.25, -0.2) is 13.6 Å². The normalized spacial score (nSPS) is 17.4. The van der Waals surface area contributed by atoms with E-state index in [1.807, 2.05) is 19.9 Å². The highest BCUT2D eigenvalue weighted by Crippen LogP contribution is 2.43. The molecule has 1 amide bonds. The van der Waals surface area contributed by atoms with E-state index in [1.165, 1.54) is 31.4 Å². The number of nitrogens with zero attached hydrogens (tertiary/aromatic N) is 1. The van der Waals surface area contributed by atoms with Crippen molar-refractivity contribution in [2.45, 2.75) is 118 Å². The molecule has 1 aromatic rings. The topological polar surface area (TPSA) is 70.3 Å². The molecule has 0 heterocycles. The molecule has 1 aliphatic rings. The lowest BCUT2D eigenvalue weighted by atomic mass is 9.69. The standard InChI is InChI=1S/C37H51F3N2O2S/c1-8-13-15-29(19-21-31(11-4)45(44)36(43)42-26(7)37(39,40)22-9-2)33(23-27(10-3)28-16-14-17-28)35(34(41)12-5)32-24-30(38)20-18-25(32)6/h9,11,18-21,24,27-28,35,41H,2,8,10,12-17,22-23H2,1,3-7H3/b21-19-,31-11+,33-29+,41-34?,42-26?. The third-order valence-electron chi connectivity index (χ3n) is 8.96. The smallest absolute Gasteiger partial charge is 0.309 e. The largest absolute Gasteiger partial charge is 0.339 e. The van der Waals surface area contributed by atoms with Gasteiger partial charge in [0.05, 0.1) is 5.71 Å². The van der Waals surface area contributed by atoms with Crippen LogP contribution in [-0.2, 0) is 10.8 Å². The number of aryl methyl sites for hydroxylation is 1. The number of hydrogen-bond acceptors (Lipinski definition) is 3. The van der Waals surface area contributed by atoms with Crippen LogP contribution in [0.15, 0.2) is 70.1 Å². The second-order valence-corrected chi connectivity index (χ2v) is 13.3. The van der Waals surface area contributed by atoms with Crippen LogP contribution >= 0.6 is 0 Å². The zero-order valence-electron chi connectivity index (χ0n) is 27.9. The van der Waals surface area contributed by atoms with E-state index in [9.17, 15) is 22.2 Å². The van der Waals surface area contributed by atoms with Crippen molar-refractivity contribution < 1.29 is 22.2 Å². The SMILES string of the molecule is C=CCC(F)(F)C(C)=NC(=O)S(=O)C(/C=C\C(CCCC)=C(/CC(CC)C1CCC1)C(C(=N)CC)c1cc(F)ccc1C)=C/C. The minimum Gasteiger partial charge on any atom is -0.309 e. The average Bonchev–Trinajstić information content (AvgIpc) is 2.98. The predicted molar refractivity (Wildman–Crippen MR) is 183 cm³/mol. The number of unbranched alkanes of at least 4 members (excludes halogenated alkanes) is 1. The zero-order chi connectivity index (χ0) is 33.7. The molecule has 45 heavy (non-hydrogen) atoms. The molecule has 2 rings (SSSR count). The van der Waals surface area contributed by atoms with E-state index in [0.29, 0.717) is 30.4 Å². The van der Waals surface area contributed by atoms with E-state index < -0.39 is 40.0 Å². The summed E-state index contributed by atoms with van der Waals surface area (Å²) < 4.78 is 56.4. The first kappa shape index (κ1) is 38.3. The lowest BCUT2D eigenvalue weighted by Crippen LogP contribution is -2.26. The Kier molecular flexibility index (Phi) is 15.6. The van der Waals surface area contributed by atoms with Crippen LogP contribution in [-0.4, -0.2) is 26.8 Å². The van der Waals surface area contributed by atoms with E-state index in [0.717, 1.165) is 61.0 Å². The van der Waals surface area contributed by atoms with Crippen molar-refractivity contribution in [1.82, 2.24) is 0 Å². The lowest BCUT2D eigenvalue weighted by Gasteiger charge is -2.36. The van der Waals surface area contributed by atoms with Gasteiger partial charge in [-0.2, -0.15) is 8.78 Å². The Morgan fingerprint density at radius 2 is 1.91 bits per heavy atom. The maximum atomic E-state index is 14.7. The van der Waals surface area contributed by atoms with Crippen molar-refractivity contribution in [2.75, 3.05) is 0 Å². The number of carbonyl (C=O) groups excluding carboxylic acids is 1.